The predicted molar refractivity (Wildman–Crippen MR) is 131 cm³/mol. The average molecular weight is 477 g/mol. The van der Waals surface area contributed by atoms with Gasteiger partial charge in [-0.05, 0) is 97.9 Å². The van der Waals surface area contributed by atoms with Crippen molar-refractivity contribution in [2.24, 2.45) is 57.7 Å². The highest BCUT2D eigenvalue weighted by atomic mass is 16.6. The molecule has 8 aliphatic rings. The minimum atomic E-state index is -0.182. The lowest BCUT2D eigenvalue weighted by atomic mass is 9.52. The van der Waals surface area contributed by atoms with Crippen molar-refractivity contribution < 1.29 is 19.1 Å². The van der Waals surface area contributed by atoms with Crippen molar-refractivity contribution in [1.82, 2.24) is 0 Å². The molecule has 0 amide bonds. The summed E-state index contributed by atoms with van der Waals surface area (Å²) in [4.78, 5) is 26.3. The number of carbonyl (C=O) groups is 2. The molecule has 6 aliphatic carbocycles. The van der Waals surface area contributed by atoms with Gasteiger partial charge in [-0.2, -0.15) is 0 Å². The van der Waals surface area contributed by atoms with Crippen LogP contribution in [0.25, 0.3) is 0 Å². The first-order valence-electron chi connectivity index (χ1n) is 14.5. The molecule has 0 aromatic carbocycles. The van der Waals surface area contributed by atoms with E-state index in [0.717, 1.165) is 24.3 Å². The van der Waals surface area contributed by atoms with Gasteiger partial charge in [0.2, 0.25) is 0 Å². The van der Waals surface area contributed by atoms with Crippen LogP contribution in [0.3, 0.4) is 0 Å². The van der Waals surface area contributed by atoms with Crippen LogP contribution in [0.2, 0.25) is 0 Å². The molecule has 35 heavy (non-hydrogen) atoms. The number of hydrogen-bond donors (Lipinski definition) is 0. The molecule has 2 aliphatic heterocycles. The third-order valence-corrected chi connectivity index (χ3v) is 13.6. The van der Waals surface area contributed by atoms with E-state index >= 15 is 0 Å². The largest absolute Gasteiger partial charge is 0.458 e. The number of rotatable bonds is 3. The lowest BCUT2D eigenvalue weighted by Crippen LogP contribution is -2.55. The van der Waals surface area contributed by atoms with Gasteiger partial charge in [-0.25, -0.2) is 4.79 Å². The summed E-state index contributed by atoms with van der Waals surface area (Å²) < 4.78 is 12.7. The van der Waals surface area contributed by atoms with Gasteiger partial charge >= 0.3 is 5.97 Å². The third kappa shape index (κ3) is 1.99. The summed E-state index contributed by atoms with van der Waals surface area (Å²) in [7, 11) is 0. The van der Waals surface area contributed by atoms with E-state index in [1.165, 1.54) is 37.7 Å². The summed E-state index contributed by atoms with van der Waals surface area (Å²) in [5.74, 6) is 4.27. The van der Waals surface area contributed by atoms with E-state index in [9.17, 15) is 9.59 Å². The number of epoxide rings is 1. The lowest BCUT2D eigenvalue weighted by Gasteiger charge is -2.48. The van der Waals surface area contributed by atoms with Crippen molar-refractivity contribution in [3.63, 3.8) is 0 Å². The Balaban J connectivity index is 1.12. The summed E-state index contributed by atoms with van der Waals surface area (Å²) in [6.45, 7) is 11.4. The van der Waals surface area contributed by atoms with Crippen molar-refractivity contribution in [3.8, 4) is 0 Å². The van der Waals surface area contributed by atoms with Crippen LogP contribution in [0, 0.1) is 57.7 Å². The van der Waals surface area contributed by atoms with Crippen molar-refractivity contribution in [2.75, 3.05) is 0 Å². The van der Waals surface area contributed by atoms with E-state index < -0.39 is 0 Å². The molecule has 4 heteroatoms. The fourth-order valence-electron chi connectivity index (χ4n) is 12.3. The number of allylic oxidation sites excluding steroid dienone is 1. The highest BCUT2D eigenvalue weighted by Crippen LogP contribution is 3.04. The monoisotopic (exact) mass is 476 g/mol. The van der Waals surface area contributed by atoms with Gasteiger partial charge in [0.15, 0.2) is 5.78 Å². The molecule has 188 valence electrons. The van der Waals surface area contributed by atoms with Gasteiger partial charge in [-0.3, -0.25) is 4.79 Å². The Morgan fingerprint density at radius 3 is 2.69 bits per heavy atom. The van der Waals surface area contributed by atoms with Crippen LogP contribution in [0.4, 0.5) is 0 Å². The van der Waals surface area contributed by atoms with Crippen LogP contribution in [0.1, 0.15) is 79.6 Å². The van der Waals surface area contributed by atoms with Gasteiger partial charge in [0, 0.05) is 17.9 Å². The van der Waals surface area contributed by atoms with E-state index in [0.29, 0.717) is 41.3 Å². The van der Waals surface area contributed by atoms with Gasteiger partial charge in [0.05, 0.1) is 11.5 Å². The van der Waals surface area contributed by atoms with Crippen molar-refractivity contribution in [3.05, 3.63) is 23.3 Å². The van der Waals surface area contributed by atoms with Gasteiger partial charge < -0.3 is 9.47 Å². The van der Waals surface area contributed by atoms with Crippen LogP contribution >= 0.6 is 0 Å². The Kier molecular flexibility index (Phi) is 3.81. The fourth-order valence-corrected chi connectivity index (χ4v) is 12.3. The highest BCUT2D eigenvalue weighted by molar-refractivity contribution is 6.04. The number of carbonyl (C=O) groups excluding carboxylic acids is 2. The molecule has 8 rings (SSSR count). The van der Waals surface area contributed by atoms with E-state index in [4.69, 9.17) is 9.47 Å². The molecule has 4 nitrogen and oxygen atoms in total. The van der Waals surface area contributed by atoms with Crippen LogP contribution in [-0.2, 0) is 19.1 Å². The van der Waals surface area contributed by atoms with Crippen molar-refractivity contribution >= 4 is 11.8 Å². The molecule has 6 fully saturated rings. The van der Waals surface area contributed by atoms with Crippen LogP contribution < -0.4 is 0 Å². The maximum Gasteiger partial charge on any atom is 0.334 e. The first kappa shape index (κ1) is 21.6. The average Bonchev–Trinajstić information content (AvgIpc) is 3.73. The van der Waals surface area contributed by atoms with E-state index in [1.807, 2.05) is 6.08 Å². The lowest BCUT2D eigenvalue weighted by molar-refractivity contribution is -0.151. The smallest absolute Gasteiger partial charge is 0.334 e. The Hall–Kier alpha value is -1.42. The Morgan fingerprint density at radius 1 is 1.14 bits per heavy atom. The maximum absolute atomic E-state index is 13.6. The van der Waals surface area contributed by atoms with E-state index in [-0.39, 0.29) is 40.0 Å². The minimum absolute atomic E-state index is 0.00558. The van der Waals surface area contributed by atoms with Crippen LogP contribution in [0.15, 0.2) is 23.3 Å². The highest BCUT2D eigenvalue weighted by Gasteiger charge is 3.08. The zero-order valence-corrected chi connectivity index (χ0v) is 21.9. The zero-order valence-electron chi connectivity index (χ0n) is 21.9. The van der Waals surface area contributed by atoms with Gasteiger partial charge in [0.1, 0.15) is 11.7 Å². The third-order valence-electron chi connectivity index (χ3n) is 13.6. The first-order valence-corrected chi connectivity index (χ1v) is 14.5. The molecule has 1 saturated heterocycles. The second-order valence-corrected chi connectivity index (χ2v) is 14.0. The van der Waals surface area contributed by atoms with Crippen LogP contribution in [0.5, 0.6) is 0 Å². The standard InChI is InChI=1S/C31H40O4/c1-6-18-15(2)13-23(34-27(18)33)17(4)19-8-9-20-22-14-25-31(35-25)16(3)7-10-24(32)30(31)26-21(29(22,26)30)11-12-28(19,20)5/h7,10,16-17,19-23,25-26H,6,8-9,11-14H2,1-5H3. The summed E-state index contributed by atoms with van der Waals surface area (Å²) >= 11 is 0. The summed E-state index contributed by atoms with van der Waals surface area (Å²) in [5.41, 5.74) is 2.28. The van der Waals surface area contributed by atoms with E-state index in [1.54, 1.807) is 0 Å². The second-order valence-electron chi connectivity index (χ2n) is 14.0. The molecule has 3 spiro atoms. The quantitative estimate of drug-likeness (QED) is 0.390. The molecular formula is C31H40O4. The number of ketones is 1. The normalized spacial score (nSPS) is 59.3. The van der Waals surface area contributed by atoms with E-state index in [2.05, 4.69) is 40.7 Å². The minimum Gasteiger partial charge on any atom is -0.458 e. The number of esters is 1. The maximum atomic E-state index is 13.6. The molecule has 13 atom stereocenters. The SMILES string of the molecule is CCC1=C(C)CC(C(C)C2CCC3C4CC5OC56C(C)C=CC(=O)C65C6C(CCC23C)C465)OC1=O. The molecule has 0 aromatic heterocycles. The number of cyclic esters (lactones) is 1. The molecule has 13 unspecified atom stereocenters. The molecule has 5 saturated carbocycles. The topological polar surface area (TPSA) is 55.9 Å². The predicted octanol–water partition coefficient (Wildman–Crippen LogP) is 5.66. The summed E-state index contributed by atoms with van der Waals surface area (Å²) in [5, 5.41) is 0. The molecule has 0 radical (unpaired) electrons. The van der Waals surface area contributed by atoms with Gasteiger partial charge in [-0.1, -0.05) is 39.3 Å². The number of hydrogen-bond acceptors (Lipinski definition) is 4. The molecular weight excluding hydrogens is 436 g/mol. The van der Waals surface area contributed by atoms with Gasteiger partial charge in [-0.15, -0.1) is 0 Å². The first-order chi connectivity index (χ1) is 16.7. The number of fused-ring (bicyclic) bond motifs is 3. The Morgan fingerprint density at radius 2 is 1.94 bits per heavy atom. The molecule has 2 heterocycles. The second kappa shape index (κ2) is 6.17. The van der Waals surface area contributed by atoms with Crippen molar-refractivity contribution in [1.29, 1.82) is 0 Å². The molecule has 0 aromatic rings. The zero-order chi connectivity index (χ0) is 24.3. The Labute approximate surface area is 209 Å². The summed E-state index contributed by atoms with van der Waals surface area (Å²) in [6.07, 6.45) is 12.2. The fraction of sp³-hybridized carbons (Fsp3) is 0.806. The number of ether oxygens (including phenoxy) is 2. The van der Waals surface area contributed by atoms with Crippen LogP contribution in [-0.4, -0.2) is 29.6 Å². The molecule has 0 bridgehead atoms. The molecule has 0 N–H and O–H groups in total. The van der Waals surface area contributed by atoms with Crippen molar-refractivity contribution in [2.45, 2.75) is 97.4 Å². The van der Waals surface area contributed by atoms with Gasteiger partial charge in [0.25, 0.3) is 0 Å². The summed E-state index contributed by atoms with van der Waals surface area (Å²) in [6, 6.07) is 0. The Bertz CT molecular complexity index is 1130.